The number of nitrogens with zero attached hydrogens (tertiary/aromatic N) is 5. The monoisotopic (exact) mass is 353 g/mol. The van der Waals surface area contributed by atoms with E-state index in [-0.39, 0.29) is 11.8 Å². The Morgan fingerprint density at radius 2 is 2.12 bits per heavy atom. The normalized spacial score (nSPS) is 18.4. The lowest BCUT2D eigenvalue weighted by Gasteiger charge is -2.32. The molecular formula is C16H18F3N5O. The molecule has 3 heterocycles. The molecule has 0 aliphatic carbocycles. The standard InChI is InChI=1S/C16H18F3N5O/c1-10-12(5-6-20-22-10)15(25)24-7-3-4-11(8-24)14-21-13(9-23(14)2)16(17,18)19/h5-6,9,11H,3-4,7-8H2,1-2H3/t11-/m0/s1. The van der Waals surface area contributed by atoms with E-state index in [1.54, 1.807) is 24.9 Å². The number of imidazole rings is 1. The maximum atomic E-state index is 12.9. The van der Waals surface area contributed by atoms with Crippen molar-refractivity contribution in [3.05, 3.63) is 41.2 Å². The van der Waals surface area contributed by atoms with Crippen molar-refractivity contribution >= 4 is 5.91 Å². The third kappa shape index (κ3) is 3.49. The summed E-state index contributed by atoms with van der Waals surface area (Å²) in [6.07, 6.45) is -0.620. The molecule has 6 nitrogen and oxygen atoms in total. The maximum Gasteiger partial charge on any atom is 0.434 e. The van der Waals surface area contributed by atoms with E-state index in [1.807, 2.05) is 0 Å². The van der Waals surface area contributed by atoms with Crippen molar-refractivity contribution < 1.29 is 18.0 Å². The number of alkyl halides is 3. The van der Waals surface area contributed by atoms with Crippen molar-refractivity contribution in [3.63, 3.8) is 0 Å². The van der Waals surface area contributed by atoms with Crippen LogP contribution in [0.1, 0.15) is 46.3 Å². The molecule has 3 rings (SSSR count). The molecule has 1 saturated heterocycles. The van der Waals surface area contributed by atoms with E-state index in [9.17, 15) is 18.0 Å². The molecule has 0 saturated carbocycles. The Morgan fingerprint density at radius 1 is 1.36 bits per heavy atom. The summed E-state index contributed by atoms with van der Waals surface area (Å²) in [5, 5.41) is 7.61. The fourth-order valence-corrected chi connectivity index (χ4v) is 3.17. The topological polar surface area (TPSA) is 63.9 Å². The average molecular weight is 353 g/mol. The molecule has 1 fully saturated rings. The van der Waals surface area contributed by atoms with Crippen LogP contribution < -0.4 is 0 Å². The lowest BCUT2D eigenvalue weighted by molar-refractivity contribution is -0.141. The molecule has 0 N–H and O–H groups in total. The predicted octanol–water partition coefficient (Wildman–Crippen LogP) is 2.56. The average Bonchev–Trinajstić information content (AvgIpc) is 2.97. The highest BCUT2D eigenvalue weighted by molar-refractivity contribution is 5.95. The highest BCUT2D eigenvalue weighted by atomic mass is 19.4. The zero-order chi connectivity index (χ0) is 18.2. The van der Waals surface area contributed by atoms with Crippen molar-refractivity contribution in [1.82, 2.24) is 24.6 Å². The number of halogens is 3. The van der Waals surface area contributed by atoms with Crippen LogP contribution in [-0.2, 0) is 13.2 Å². The molecule has 1 aliphatic heterocycles. The zero-order valence-corrected chi connectivity index (χ0v) is 13.9. The van der Waals surface area contributed by atoms with Gasteiger partial charge >= 0.3 is 6.18 Å². The van der Waals surface area contributed by atoms with Crippen LogP contribution in [0.15, 0.2) is 18.5 Å². The molecule has 2 aromatic heterocycles. The van der Waals surface area contributed by atoms with E-state index in [2.05, 4.69) is 15.2 Å². The van der Waals surface area contributed by atoms with Crippen molar-refractivity contribution in [2.75, 3.05) is 13.1 Å². The molecule has 134 valence electrons. The highest BCUT2D eigenvalue weighted by Crippen LogP contribution is 2.32. The van der Waals surface area contributed by atoms with Gasteiger partial charge in [0.05, 0.1) is 17.5 Å². The second-order valence-corrected chi connectivity index (χ2v) is 6.21. The minimum Gasteiger partial charge on any atom is -0.338 e. The van der Waals surface area contributed by atoms with Gasteiger partial charge in [0.1, 0.15) is 5.82 Å². The van der Waals surface area contributed by atoms with Crippen molar-refractivity contribution in [1.29, 1.82) is 0 Å². The van der Waals surface area contributed by atoms with Gasteiger partial charge in [-0.1, -0.05) is 0 Å². The van der Waals surface area contributed by atoms with Crippen molar-refractivity contribution in [3.8, 4) is 0 Å². The van der Waals surface area contributed by atoms with E-state index >= 15 is 0 Å². The second kappa shape index (κ2) is 6.45. The lowest BCUT2D eigenvalue weighted by Crippen LogP contribution is -2.40. The fraction of sp³-hybridized carbons (Fsp3) is 0.500. The summed E-state index contributed by atoms with van der Waals surface area (Å²) in [5.74, 6) is -0.0503. The van der Waals surface area contributed by atoms with Crippen LogP contribution in [-0.4, -0.2) is 43.6 Å². The van der Waals surface area contributed by atoms with Crippen molar-refractivity contribution in [2.24, 2.45) is 7.05 Å². The van der Waals surface area contributed by atoms with E-state index in [1.165, 1.54) is 10.8 Å². The number of aromatic nitrogens is 4. The second-order valence-electron chi connectivity index (χ2n) is 6.21. The molecular weight excluding hydrogens is 335 g/mol. The number of piperidine rings is 1. The van der Waals surface area contributed by atoms with Crippen LogP contribution in [0, 0.1) is 6.92 Å². The zero-order valence-electron chi connectivity index (χ0n) is 13.9. The number of rotatable bonds is 2. The Labute approximate surface area is 142 Å². The van der Waals surface area contributed by atoms with Crippen LogP contribution in [0.4, 0.5) is 13.2 Å². The van der Waals surface area contributed by atoms with Crippen molar-refractivity contribution in [2.45, 2.75) is 31.9 Å². The molecule has 0 unspecified atom stereocenters. The third-order valence-electron chi connectivity index (χ3n) is 4.41. The van der Waals surface area contributed by atoms with Crippen LogP contribution in [0.3, 0.4) is 0 Å². The van der Waals surface area contributed by atoms with Gasteiger partial charge in [0, 0.05) is 32.3 Å². The molecule has 0 bridgehead atoms. The summed E-state index contributed by atoms with van der Waals surface area (Å²) < 4.78 is 40.0. The largest absolute Gasteiger partial charge is 0.434 e. The summed E-state index contributed by atoms with van der Waals surface area (Å²) >= 11 is 0. The smallest absolute Gasteiger partial charge is 0.338 e. The molecule has 1 aliphatic rings. The van der Waals surface area contributed by atoms with E-state index in [0.717, 1.165) is 6.20 Å². The number of aryl methyl sites for hydroxylation is 2. The van der Waals surface area contributed by atoms with Crippen LogP contribution >= 0.6 is 0 Å². The summed E-state index contributed by atoms with van der Waals surface area (Å²) in [5.41, 5.74) is 0.0973. The highest BCUT2D eigenvalue weighted by Gasteiger charge is 2.36. The lowest BCUT2D eigenvalue weighted by atomic mass is 9.96. The first-order valence-electron chi connectivity index (χ1n) is 7.95. The minimum atomic E-state index is -4.47. The van der Waals surface area contributed by atoms with Gasteiger partial charge < -0.3 is 9.47 Å². The Hall–Kier alpha value is -2.45. The number of hydrogen-bond acceptors (Lipinski definition) is 4. The Bertz CT molecular complexity index is 786. The summed E-state index contributed by atoms with van der Waals surface area (Å²) in [4.78, 5) is 18.1. The van der Waals surface area contributed by atoms with Crippen LogP contribution in [0.25, 0.3) is 0 Å². The first-order chi connectivity index (χ1) is 11.8. The first kappa shape index (κ1) is 17.4. The summed E-state index contributed by atoms with van der Waals surface area (Å²) in [6.45, 7) is 2.60. The molecule has 2 aromatic rings. The molecule has 0 aromatic carbocycles. The fourth-order valence-electron chi connectivity index (χ4n) is 3.17. The Balaban J connectivity index is 1.81. The Morgan fingerprint density at radius 3 is 2.76 bits per heavy atom. The van der Waals surface area contributed by atoms with Gasteiger partial charge in [0.25, 0.3) is 5.91 Å². The number of carbonyl (C=O) groups excluding carboxylic acids is 1. The van der Waals surface area contributed by atoms with Gasteiger partial charge in [-0.2, -0.15) is 23.4 Å². The van der Waals surface area contributed by atoms with E-state index in [0.29, 0.717) is 43.0 Å². The SMILES string of the molecule is Cc1nnccc1C(=O)N1CCC[C@H](c2nc(C(F)(F)F)cn2C)C1. The van der Waals surface area contributed by atoms with Gasteiger partial charge in [-0.3, -0.25) is 4.79 Å². The molecule has 0 spiro atoms. The number of likely N-dealkylation sites (tertiary alicyclic amines) is 1. The van der Waals surface area contributed by atoms with Crippen LogP contribution in [0.2, 0.25) is 0 Å². The van der Waals surface area contributed by atoms with Gasteiger partial charge in [-0.15, -0.1) is 0 Å². The summed E-state index contributed by atoms with van der Waals surface area (Å²) in [6, 6.07) is 1.61. The Kier molecular flexibility index (Phi) is 4.49. The molecule has 25 heavy (non-hydrogen) atoms. The third-order valence-corrected chi connectivity index (χ3v) is 4.41. The summed E-state index contributed by atoms with van der Waals surface area (Å²) in [7, 11) is 1.55. The maximum absolute atomic E-state index is 12.9. The quantitative estimate of drug-likeness (QED) is 0.832. The van der Waals surface area contributed by atoms with Gasteiger partial charge in [0.15, 0.2) is 5.69 Å². The predicted molar refractivity (Wildman–Crippen MR) is 82.9 cm³/mol. The minimum absolute atomic E-state index is 0.178. The van der Waals surface area contributed by atoms with E-state index in [4.69, 9.17) is 0 Å². The number of carbonyl (C=O) groups is 1. The molecule has 1 amide bonds. The van der Waals surface area contributed by atoms with Gasteiger partial charge in [0.2, 0.25) is 0 Å². The first-order valence-corrected chi connectivity index (χ1v) is 7.95. The van der Waals surface area contributed by atoms with Gasteiger partial charge in [-0.25, -0.2) is 4.98 Å². The van der Waals surface area contributed by atoms with E-state index < -0.39 is 11.9 Å². The number of hydrogen-bond donors (Lipinski definition) is 0. The number of amides is 1. The van der Waals surface area contributed by atoms with Gasteiger partial charge in [-0.05, 0) is 25.8 Å². The molecule has 1 atom stereocenters. The molecule has 0 radical (unpaired) electrons. The molecule has 9 heteroatoms. The van der Waals surface area contributed by atoms with Crippen LogP contribution in [0.5, 0.6) is 0 Å².